The number of hydrogen-bond donors (Lipinski definition) is 0. The van der Waals surface area contributed by atoms with Crippen molar-refractivity contribution in [2.75, 3.05) is 19.8 Å². The van der Waals surface area contributed by atoms with Crippen LogP contribution in [0.3, 0.4) is 0 Å². The molecule has 4 heteroatoms. The van der Waals surface area contributed by atoms with Crippen LogP contribution in [0.5, 0.6) is 0 Å². The monoisotopic (exact) mass is 418 g/mol. The van der Waals surface area contributed by atoms with Crippen molar-refractivity contribution in [2.45, 2.75) is 137 Å². The van der Waals surface area contributed by atoms with E-state index in [1.807, 2.05) is 20.8 Å². The lowest BCUT2D eigenvalue weighted by Crippen LogP contribution is -2.27. The Balaban J connectivity index is 0. The average Bonchev–Trinajstić information content (AvgIpc) is 2.69. The topological polar surface area (TPSA) is 27.7 Å². The standard InChI is InChI=1S/C18H38.C6H16O3Si/c1-3-5-7-9-11-13-15-17-18-16-14-12-10-8-6-4-2;1-4-7-10(8-5-2)9-6-3/h3-18H2,1-2H3;10H,4-6H2,1-3H3. The third-order valence-electron chi connectivity index (χ3n) is 4.87. The van der Waals surface area contributed by atoms with E-state index in [1.54, 1.807) is 0 Å². The Hall–Kier alpha value is 0.0969. The highest BCUT2D eigenvalue weighted by atomic mass is 28.3. The predicted molar refractivity (Wildman–Crippen MR) is 127 cm³/mol. The summed E-state index contributed by atoms with van der Waals surface area (Å²) in [6.45, 7) is 12.4. The third-order valence-corrected chi connectivity index (χ3v) is 6.68. The van der Waals surface area contributed by atoms with E-state index in [9.17, 15) is 0 Å². The minimum atomic E-state index is -1.73. The molecule has 0 N–H and O–H groups in total. The van der Waals surface area contributed by atoms with Gasteiger partial charge in [-0.3, -0.25) is 0 Å². The first-order valence-electron chi connectivity index (χ1n) is 12.6. The molecule has 28 heavy (non-hydrogen) atoms. The fraction of sp³-hybridized carbons (Fsp3) is 1.00. The molecule has 0 saturated heterocycles. The Morgan fingerprint density at radius 3 is 0.750 bits per heavy atom. The molecule has 0 aromatic heterocycles. The van der Waals surface area contributed by atoms with Crippen LogP contribution in [0, 0.1) is 0 Å². The summed E-state index contributed by atoms with van der Waals surface area (Å²) >= 11 is 0. The summed E-state index contributed by atoms with van der Waals surface area (Å²) in [7, 11) is -1.73. The second kappa shape index (κ2) is 29.3. The highest BCUT2D eigenvalue weighted by molar-refractivity contribution is 6.36. The molecule has 172 valence electrons. The lowest BCUT2D eigenvalue weighted by molar-refractivity contribution is 0.107. The van der Waals surface area contributed by atoms with E-state index in [0.717, 1.165) is 0 Å². The van der Waals surface area contributed by atoms with Crippen LogP contribution in [-0.4, -0.2) is 29.3 Å². The molecule has 0 aliphatic rings. The predicted octanol–water partition coefficient (Wildman–Crippen LogP) is 8.08. The fourth-order valence-corrected chi connectivity index (χ4v) is 4.28. The molecule has 0 aliphatic heterocycles. The normalized spacial score (nSPS) is 10.9. The van der Waals surface area contributed by atoms with Gasteiger partial charge in [0, 0.05) is 19.8 Å². The third kappa shape index (κ3) is 28.3. The van der Waals surface area contributed by atoms with Crippen LogP contribution in [-0.2, 0) is 13.3 Å². The van der Waals surface area contributed by atoms with Crippen LogP contribution in [0.4, 0.5) is 0 Å². The molecule has 0 spiro atoms. The molecule has 0 unspecified atom stereocenters. The fourth-order valence-electron chi connectivity index (χ4n) is 3.17. The Kier molecular flexibility index (Phi) is 31.7. The number of unbranched alkanes of at least 4 members (excludes halogenated alkanes) is 15. The van der Waals surface area contributed by atoms with Gasteiger partial charge in [0.15, 0.2) is 0 Å². The first-order chi connectivity index (χ1) is 13.8. The molecular weight excluding hydrogens is 364 g/mol. The lowest BCUT2D eigenvalue weighted by Gasteiger charge is -2.12. The second-order valence-corrected chi connectivity index (χ2v) is 9.18. The molecule has 0 atom stereocenters. The maximum atomic E-state index is 5.22. The molecule has 0 aliphatic carbocycles. The van der Waals surface area contributed by atoms with Gasteiger partial charge in [-0.05, 0) is 20.8 Å². The smallest absolute Gasteiger partial charge is 0.376 e. The molecule has 0 aromatic rings. The number of hydrogen-bond acceptors (Lipinski definition) is 3. The SMILES string of the molecule is CCCCCCCCCCCCCCCCCC.CCO[SiH](OCC)OCC. The van der Waals surface area contributed by atoms with E-state index in [-0.39, 0.29) is 0 Å². The van der Waals surface area contributed by atoms with Gasteiger partial charge < -0.3 is 13.3 Å². The van der Waals surface area contributed by atoms with Gasteiger partial charge in [-0.2, -0.15) is 0 Å². The molecule has 0 saturated carbocycles. The zero-order valence-corrected chi connectivity index (χ0v) is 21.4. The van der Waals surface area contributed by atoms with Gasteiger partial charge in [-0.15, -0.1) is 0 Å². The van der Waals surface area contributed by atoms with Crippen molar-refractivity contribution in [3.05, 3.63) is 0 Å². The van der Waals surface area contributed by atoms with Crippen molar-refractivity contribution >= 4 is 9.53 Å². The van der Waals surface area contributed by atoms with Gasteiger partial charge >= 0.3 is 9.53 Å². The van der Waals surface area contributed by atoms with Crippen molar-refractivity contribution < 1.29 is 13.3 Å². The lowest BCUT2D eigenvalue weighted by atomic mass is 10.0. The molecular formula is C24H54O3Si. The summed E-state index contributed by atoms with van der Waals surface area (Å²) in [5.41, 5.74) is 0. The minimum Gasteiger partial charge on any atom is -0.376 e. The quantitative estimate of drug-likeness (QED) is 0.139. The summed E-state index contributed by atoms with van der Waals surface area (Å²) in [6, 6.07) is 0. The van der Waals surface area contributed by atoms with E-state index in [2.05, 4.69) is 13.8 Å². The maximum absolute atomic E-state index is 5.22. The largest absolute Gasteiger partial charge is 0.484 e. The summed E-state index contributed by atoms with van der Waals surface area (Å²) in [4.78, 5) is 0. The molecule has 0 amide bonds. The molecule has 0 radical (unpaired) electrons. The molecule has 3 nitrogen and oxygen atoms in total. The van der Waals surface area contributed by atoms with Crippen LogP contribution in [0.15, 0.2) is 0 Å². The minimum absolute atomic E-state index is 0.677. The van der Waals surface area contributed by atoms with Gasteiger partial charge in [0.25, 0.3) is 0 Å². The van der Waals surface area contributed by atoms with Crippen molar-refractivity contribution in [1.29, 1.82) is 0 Å². The molecule has 0 heterocycles. The zero-order valence-electron chi connectivity index (χ0n) is 20.2. The highest BCUT2D eigenvalue weighted by Crippen LogP contribution is 2.13. The Morgan fingerprint density at radius 2 is 0.571 bits per heavy atom. The van der Waals surface area contributed by atoms with Crippen LogP contribution < -0.4 is 0 Å². The van der Waals surface area contributed by atoms with E-state index < -0.39 is 9.53 Å². The van der Waals surface area contributed by atoms with Gasteiger partial charge in [-0.25, -0.2) is 0 Å². The van der Waals surface area contributed by atoms with Crippen molar-refractivity contribution in [3.8, 4) is 0 Å². The summed E-state index contributed by atoms with van der Waals surface area (Å²) in [5.74, 6) is 0. The molecule has 0 fully saturated rings. The van der Waals surface area contributed by atoms with E-state index in [0.29, 0.717) is 19.8 Å². The Morgan fingerprint density at radius 1 is 0.357 bits per heavy atom. The first-order valence-corrected chi connectivity index (χ1v) is 14.0. The van der Waals surface area contributed by atoms with E-state index in [4.69, 9.17) is 13.3 Å². The number of rotatable bonds is 21. The van der Waals surface area contributed by atoms with Crippen LogP contribution in [0.25, 0.3) is 0 Å². The summed E-state index contributed by atoms with van der Waals surface area (Å²) in [6.07, 6.45) is 23.4. The zero-order chi connectivity index (χ0) is 21.1. The summed E-state index contributed by atoms with van der Waals surface area (Å²) < 4.78 is 15.7. The Bertz CT molecular complexity index is 222. The maximum Gasteiger partial charge on any atom is 0.484 e. The van der Waals surface area contributed by atoms with Gasteiger partial charge in [0.1, 0.15) is 0 Å². The molecule has 0 bridgehead atoms. The van der Waals surface area contributed by atoms with Gasteiger partial charge in [0.2, 0.25) is 0 Å². The van der Waals surface area contributed by atoms with Crippen LogP contribution >= 0.6 is 0 Å². The molecule has 0 aromatic carbocycles. The van der Waals surface area contributed by atoms with Crippen molar-refractivity contribution in [1.82, 2.24) is 0 Å². The van der Waals surface area contributed by atoms with Crippen LogP contribution in [0.1, 0.15) is 137 Å². The van der Waals surface area contributed by atoms with Gasteiger partial charge in [0.05, 0.1) is 0 Å². The summed E-state index contributed by atoms with van der Waals surface area (Å²) in [5, 5.41) is 0. The van der Waals surface area contributed by atoms with Gasteiger partial charge in [-0.1, -0.05) is 117 Å². The van der Waals surface area contributed by atoms with Crippen molar-refractivity contribution in [2.24, 2.45) is 0 Å². The first kappa shape index (κ1) is 30.3. The highest BCUT2D eigenvalue weighted by Gasteiger charge is 2.11. The van der Waals surface area contributed by atoms with Crippen molar-refractivity contribution in [3.63, 3.8) is 0 Å². The second-order valence-electron chi connectivity index (χ2n) is 7.60. The molecule has 0 rings (SSSR count). The average molecular weight is 419 g/mol. The van der Waals surface area contributed by atoms with E-state index >= 15 is 0 Å². The Labute approximate surface area is 180 Å². The van der Waals surface area contributed by atoms with Crippen LogP contribution in [0.2, 0.25) is 0 Å². The van der Waals surface area contributed by atoms with E-state index in [1.165, 1.54) is 103 Å².